The van der Waals surface area contributed by atoms with E-state index in [4.69, 9.17) is 9.47 Å². The number of ether oxygens (including phenoxy) is 2. The van der Waals surface area contributed by atoms with Gasteiger partial charge in [0.1, 0.15) is 5.78 Å². The number of carbonyl (C=O) groups is 2. The smallest absolute Gasteiger partial charge is 0.308 e. The van der Waals surface area contributed by atoms with E-state index in [9.17, 15) is 14.7 Å². The summed E-state index contributed by atoms with van der Waals surface area (Å²) in [7, 11) is 0. The highest BCUT2D eigenvalue weighted by molar-refractivity contribution is 5.87. The average Bonchev–Trinajstić information content (AvgIpc) is 3.15. The first-order valence-electron chi connectivity index (χ1n) is 9.62. The van der Waals surface area contributed by atoms with Crippen LogP contribution < -0.4 is 0 Å². The molecule has 0 aromatic heterocycles. The van der Waals surface area contributed by atoms with Crippen LogP contribution in [0.3, 0.4) is 0 Å². The molecule has 0 bridgehead atoms. The average molecular weight is 354 g/mol. The van der Waals surface area contributed by atoms with Crippen LogP contribution in [0.15, 0.2) is 0 Å². The molecule has 2 heterocycles. The number of Topliss-reactive ketones (excluding diaryl/α,β-unsaturated/α-hetero) is 1. The summed E-state index contributed by atoms with van der Waals surface area (Å²) < 4.78 is 11.0. The molecule has 5 heteroatoms. The topological polar surface area (TPSA) is 76.1 Å². The Morgan fingerprint density at radius 1 is 1.12 bits per heavy atom. The number of aliphatic hydroxyl groups is 1. The summed E-state index contributed by atoms with van der Waals surface area (Å²) in [5, 5.41) is 10.4. The van der Waals surface area contributed by atoms with Crippen LogP contribution in [0, 0.1) is 17.3 Å². The molecule has 2 saturated heterocycles. The Labute approximate surface area is 151 Å². The van der Waals surface area contributed by atoms with Crippen molar-refractivity contribution in [3.8, 4) is 0 Å². The summed E-state index contributed by atoms with van der Waals surface area (Å²) in [5.41, 5.74) is -1.04. The molecule has 25 heavy (non-hydrogen) atoms. The number of carbonyl (C=O) groups excluding carboxylic acids is 2. The molecule has 2 fully saturated rings. The van der Waals surface area contributed by atoms with Crippen LogP contribution in [-0.4, -0.2) is 41.3 Å². The number of hydrogen-bond acceptors (Lipinski definition) is 5. The monoisotopic (exact) mass is 354 g/mol. The van der Waals surface area contributed by atoms with Gasteiger partial charge >= 0.3 is 5.97 Å². The van der Waals surface area contributed by atoms with E-state index < -0.39 is 17.5 Å². The van der Waals surface area contributed by atoms with Crippen LogP contribution in [0.5, 0.6) is 0 Å². The van der Waals surface area contributed by atoms with Crippen molar-refractivity contribution in [1.82, 2.24) is 0 Å². The van der Waals surface area contributed by atoms with Gasteiger partial charge in [0, 0.05) is 12.3 Å². The van der Waals surface area contributed by atoms with Crippen molar-refractivity contribution >= 4 is 11.8 Å². The summed E-state index contributed by atoms with van der Waals surface area (Å²) in [6.07, 6.45) is 3.62. The number of ketones is 1. The van der Waals surface area contributed by atoms with Crippen molar-refractivity contribution in [2.24, 2.45) is 17.3 Å². The molecule has 0 spiro atoms. The Balaban J connectivity index is 2.06. The third-order valence-corrected chi connectivity index (χ3v) is 6.08. The fraction of sp³-hybridized carbons (Fsp3) is 0.900. The van der Waals surface area contributed by atoms with Gasteiger partial charge in [0.25, 0.3) is 0 Å². The van der Waals surface area contributed by atoms with E-state index in [1.165, 1.54) is 0 Å². The number of hydrogen-bond donors (Lipinski definition) is 1. The lowest BCUT2D eigenvalue weighted by Gasteiger charge is -2.32. The van der Waals surface area contributed by atoms with Crippen LogP contribution in [0.2, 0.25) is 0 Å². The molecule has 2 rings (SSSR count). The van der Waals surface area contributed by atoms with Gasteiger partial charge in [0.15, 0.2) is 0 Å². The van der Waals surface area contributed by atoms with E-state index in [1.54, 1.807) is 13.8 Å². The van der Waals surface area contributed by atoms with Crippen molar-refractivity contribution in [3.63, 3.8) is 0 Å². The largest absolute Gasteiger partial charge is 0.465 e. The lowest BCUT2D eigenvalue weighted by Crippen LogP contribution is -2.42. The predicted octanol–water partition coefficient (Wildman–Crippen LogP) is 3.27. The Kier molecular flexibility index (Phi) is 6.31. The maximum absolute atomic E-state index is 12.8. The van der Waals surface area contributed by atoms with Crippen molar-refractivity contribution in [2.45, 2.75) is 91.0 Å². The first-order chi connectivity index (χ1) is 11.6. The van der Waals surface area contributed by atoms with Gasteiger partial charge in [-0.25, -0.2) is 0 Å². The second-order valence-electron chi connectivity index (χ2n) is 8.87. The molecular weight excluding hydrogens is 320 g/mol. The minimum absolute atomic E-state index is 0.0179. The lowest BCUT2D eigenvalue weighted by atomic mass is 9.74. The van der Waals surface area contributed by atoms with Gasteiger partial charge in [0.05, 0.1) is 36.3 Å². The second kappa shape index (κ2) is 7.75. The molecule has 0 unspecified atom stereocenters. The highest BCUT2D eigenvalue weighted by Gasteiger charge is 2.51. The predicted molar refractivity (Wildman–Crippen MR) is 95.1 cm³/mol. The van der Waals surface area contributed by atoms with E-state index in [0.717, 1.165) is 25.7 Å². The van der Waals surface area contributed by atoms with E-state index >= 15 is 0 Å². The Morgan fingerprint density at radius 3 is 2.48 bits per heavy atom. The molecule has 2 aliphatic rings. The minimum atomic E-state index is -1.03. The van der Waals surface area contributed by atoms with Gasteiger partial charge in [-0.05, 0) is 25.7 Å². The van der Waals surface area contributed by atoms with Crippen LogP contribution in [-0.2, 0) is 19.1 Å². The van der Waals surface area contributed by atoms with E-state index in [0.29, 0.717) is 18.9 Å². The van der Waals surface area contributed by atoms with Crippen LogP contribution in [0.1, 0.15) is 73.1 Å². The fourth-order valence-corrected chi connectivity index (χ4v) is 4.06. The van der Waals surface area contributed by atoms with Crippen molar-refractivity contribution in [3.05, 3.63) is 0 Å². The van der Waals surface area contributed by atoms with Gasteiger partial charge in [-0.3, -0.25) is 9.59 Å². The normalized spacial score (nSPS) is 40.9. The van der Waals surface area contributed by atoms with Crippen LogP contribution >= 0.6 is 0 Å². The zero-order valence-electron chi connectivity index (χ0n) is 16.3. The minimum Gasteiger partial charge on any atom is -0.465 e. The molecular formula is C20H34O5. The molecule has 1 N–H and O–H groups in total. The maximum Gasteiger partial charge on any atom is 0.308 e. The third kappa shape index (κ3) is 5.04. The van der Waals surface area contributed by atoms with Gasteiger partial charge in [-0.15, -0.1) is 0 Å². The summed E-state index contributed by atoms with van der Waals surface area (Å²) in [5.74, 6) is -0.122. The quantitative estimate of drug-likeness (QED) is 0.534. The lowest BCUT2D eigenvalue weighted by molar-refractivity contribution is -0.150. The van der Waals surface area contributed by atoms with Crippen LogP contribution in [0.4, 0.5) is 0 Å². The summed E-state index contributed by atoms with van der Waals surface area (Å²) >= 11 is 0. The number of cyclic esters (lactones) is 1. The first kappa shape index (κ1) is 20.4. The highest BCUT2D eigenvalue weighted by Crippen LogP contribution is 2.43. The zero-order chi connectivity index (χ0) is 18.8. The van der Waals surface area contributed by atoms with E-state index in [1.807, 2.05) is 6.92 Å². The van der Waals surface area contributed by atoms with Gasteiger partial charge in [-0.2, -0.15) is 0 Å². The summed E-state index contributed by atoms with van der Waals surface area (Å²) in [4.78, 5) is 24.8. The fourth-order valence-electron chi connectivity index (χ4n) is 4.06. The number of epoxide rings is 1. The number of aliphatic hydroxyl groups excluding tert-OH is 1. The Morgan fingerprint density at radius 2 is 1.80 bits per heavy atom. The second-order valence-corrected chi connectivity index (χ2v) is 8.87. The maximum atomic E-state index is 12.8. The molecule has 2 aliphatic heterocycles. The molecule has 0 amide bonds. The Bertz CT molecular complexity index is 500. The van der Waals surface area contributed by atoms with E-state index in [2.05, 4.69) is 13.8 Å². The standard InChI is InChI=1S/C20H34O5/c1-13-7-6-9-20(5)16(25-20)8-10-24-17(22)12-15(21)19(3,4)18(23)14(2)11-13/h13-16,21H,6-12H2,1-5H3/t13-,14+,15-,16-,20+/m0/s1. The van der Waals surface area contributed by atoms with Crippen LogP contribution in [0.25, 0.3) is 0 Å². The number of rotatable bonds is 0. The highest BCUT2D eigenvalue weighted by atomic mass is 16.6. The van der Waals surface area contributed by atoms with Gasteiger partial charge in [-0.1, -0.05) is 40.5 Å². The molecule has 0 saturated carbocycles. The number of fused-ring (bicyclic) bond motifs is 1. The molecule has 5 nitrogen and oxygen atoms in total. The van der Waals surface area contributed by atoms with Crippen molar-refractivity contribution in [1.29, 1.82) is 0 Å². The SMILES string of the molecule is C[C@H]1CCC[C@@]2(C)O[C@H]2CCOC(=O)C[C@H](O)C(C)(C)C(=O)[C@H](C)C1. The number of esters is 1. The molecule has 0 aromatic rings. The van der Waals surface area contributed by atoms with Crippen molar-refractivity contribution in [2.75, 3.05) is 6.61 Å². The zero-order valence-corrected chi connectivity index (χ0v) is 16.3. The van der Waals surface area contributed by atoms with Crippen molar-refractivity contribution < 1.29 is 24.2 Å². The molecule has 0 aliphatic carbocycles. The molecule has 144 valence electrons. The van der Waals surface area contributed by atoms with Gasteiger partial charge in [0.2, 0.25) is 0 Å². The first-order valence-corrected chi connectivity index (χ1v) is 9.62. The summed E-state index contributed by atoms with van der Waals surface area (Å²) in [6, 6.07) is 0. The molecule has 0 radical (unpaired) electrons. The van der Waals surface area contributed by atoms with E-state index in [-0.39, 0.29) is 29.8 Å². The molecule has 0 aromatic carbocycles. The third-order valence-electron chi connectivity index (χ3n) is 6.08. The van der Waals surface area contributed by atoms with Gasteiger partial charge < -0.3 is 14.6 Å². The Hall–Kier alpha value is -0.940. The summed E-state index contributed by atoms with van der Waals surface area (Å²) in [6.45, 7) is 9.97. The molecule has 5 atom stereocenters.